The van der Waals surface area contributed by atoms with Crippen LogP contribution < -0.4 is 4.90 Å². The van der Waals surface area contributed by atoms with Gasteiger partial charge < -0.3 is 4.90 Å². The standard InChI is InChI=1S/C29H25FN4O3S/c1-33(28-14-7-6-13-26(28)30)29-25-18-23(15-16-27(25)31-20-32-29)22-10-8-9-21(17-22)19-34(37-2)38(35,36)24-11-4-3-5-12-24/h3-18,20H,19H2,1-2H3. The fraction of sp³-hybridized carbons (Fsp3) is 0.103. The summed E-state index contributed by atoms with van der Waals surface area (Å²) >= 11 is 0. The molecule has 0 aliphatic rings. The maximum absolute atomic E-state index is 14.5. The van der Waals surface area contributed by atoms with E-state index >= 15 is 0 Å². The number of hydroxylamine groups is 1. The van der Waals surface area contributed by atoms with Crippen molar-refractivity contribution < 1.29 is 17.6 Å². The highest BCUT2D eigenvalue weighted by Gasteiger charge is 2.25. The van der Waals surface area contributed by atoms with E-state index in [2.05, 4.69) is 9.97 Å². The summed E-state index contributed by atoms with van der Waals surface area (Å²) in [6, 6.07) is 28.0. The zero-order valence-electron chi connectivity index (χ0n) is 20.8. The Morgan fingerprint density at radius 1 is 0.842 bits per heavy atom. The molecule has 7 nitrogen and oxygen atoms in total. The number of nitrogens with zero attached hydrogens (tertiary/aromatic N) is 4. The highest BCUT2D eigenvalue weighted by molar-refractivity contribution is 7.89. The quantitative estimate of drug-likeness (QED) is 0.232. The maximum Gasteiger partial charge on any atom is 0.265 e. The molecule has 1 aromatic heterocycles. The van der Waals surface area contributed by atoms with Crippen molar-refractivity contribution in [2.24, 2.45) is 0 Å². The molecule has 5 rings (SSSR count). The first-order valence-corrected chi connectivity index (χ1v) is 13.3. The minimum Gasteiger partial charge on any atom is -0.326 e. The molecule has 0 amide bonds. The first-order chi connectivity index (χ1) is 18.4. The van der Waals surface area contributed by atoms with Gasteiger partial charge in [0, 0.05) is 12.4 Å². The molecule has 0 fully saturated rings. The topological polar surface area (TPSA) is 75.6 Å². The van der Waals surface area contributed by atoms with Crippen LogP contribution in [0.3, 0.4) is 0 Å². The van der Waals surface area contributed by atoms with E-state index in [1.165, 1.54) is 31.6 Å². The van der Waals surface area contributed by atoms with Gasteiger partial charge in [0.15, 0.2) is 0 Å². The molecule has 0 aliphatic carbocycles. The Morgan fingerprint density at radius 3 is 2.34 bits per heavy atom. The average molecular weight is 529 g/mol. The molecule has 0 radical (unpaired) electrons. The lowest BCUT2D eigenvalue weighted by molar-refractivity contribution is -0.0556. The number of rotatable bonds is 8. The minimum absolute atomic E-state index is 0.0273. The molecule has 4 aromatic carbocycles. The summed E-state index contributed by atoms with van der Waals surface area (Å²) in [5, 5.41) is 0.756. The highest BCUT2D eigenvalue weighted by atomic mass is 32.2. The highest BCUT2D eigenvalue weighted by Crippen LogP contribution is 2.33. The molecule has 0 unspecified atom stereocenters. The molecule has 38 heavy (non-hydrogen) atoms. The van der Waals surface area contributed by atoms with Crippen LogP contribution in [0, 0.1) is 5.82 Å². The summed E-state index contributed by atoms with van der Waals surface area (Å²) in [5.41, 5.74) is 3.63. The molecule has 192 valence electrons. The number of benzene rings is 4. The van der Waals surface area contributed by atoms with Crippen LogP contribution in [0.2, 0.25) is 0 Å². The van der Waals surface area contributed by atoms with E-state index in [-0.39, 0.29) is 17.3 Å². The minimum atomic E-state index is -3.84. The van der Waals surface area contributed by atoms with Crippen molar-refractivity contribution in [2.45, 2.75) is 11.4 Å². The van der Waals surface area contributed by atoms with Gasteiger partial charge >= 0.3 is 0 Å². The Kier molecular flexibility index (Phi) is 7.15. The summed E-state index contributed by atoms with van der Waals surface area (Å²) in [4.78, 5) is 15.9. The third-order valence-electron chi connectivity index (χ3n) is 6.23. The van der Waals surface area contributed by atoms with Gasteiger partial charge in [0.2, 0.25) is 0 Å². The van der Waals surface area contributed by atoms with E-state index in [9.17, 15) is 12.8 Å². The van der Waals surface area contributed by atoms with Crippen LogP contribution in [0.4, 0.5) is 15.9 Å². The van der Waals surface area contributed by atoms with Gasteiger partial charge in [-0.25, -0.2) is 22.8 Å². The largest absolute Gasteiger partial charge is 0.326 e. The molecule has 0 saturated heterocycles. The van der Waals surface area contributed by atoms with Gasteiger partial charge in [-0.1, -0.05) is 59.1 Å². The normalized spacial score (nSPS) is 11.7. The molecule has 0 atom stereocenters. The van der Waals surface area contributed by atoms with Gasteiger partial charge in [-0.15, -0.1) is 0 Å². The van der Waals surface area contributed by atoms with Crippen molar-refractivity contribution in [3.05, 3.63) is 115 Å². The monoisotopic (exact) mass is 528 g/mol. The van der Waals surface area contributed by atoms with E-state index in [4.69, 9.17) is 4.84 Å². The number of aromatic nitrogens is 2. The van der Waals surface area contributed by atoms with Gasteiger partial charge in [0.05, 0.1) is 29.8 Å². The van der Waals surface area contributed by atoms with Crippen LogP contribution in [0.5, 0.6) is 0 Å². The van der Waals surface area contributed by atoms with Crippen molar-refractivity contribution in [2.75, 3.05) is 19.1 Å². The smallest absolute Gasteiger partial charge is 0.265 e. The number of para-hydroxylation sites is 1. The lowest BCUT2D eigenvalue weighted by Gasteiger charge is -2.21. The number of anilines is 2. The molecule has 0 N–H and O–H groups in total. The fourth-order valence-electron chi connectivity index (χ4n) is 4.28. The predicted molar refractivity (Wildman–Crippen MR) is 146 cm³/mol. The van der Waals surface area contributed by atoms with Crippen molar-refractivity contribution in [1.82, 2.24) is 14.4 Å². The summed E-state index contributed by atoms with van der Waals surface area (Å²) in [5.74, 6) is 0.219. The number of halogens is 1. The predicted octanol–water partition coefficient (Wildman–Crippen LogP) is 5.96. The van der Waals surface area contributed by atoms with Crippen LogP contribution in [-0.2, 0) is 21.4 Å². The van der Waals surface area contributed by atoms with Crippen molar-refractivity contribution in [1.29, 1.82) is 0 Å². The van der Waals surface area contributed by atoms with Crippen LogP contribution in [0.15, 0.2) is 108 Å². The SMILES string of the molecule is CON(Cc1cccc(-c2ccc3ncnc(N(C)c4ccccc4F)c3c2)c1)S(=O)(=O)c1ccccc1. The fourth-order valence-corrected chi connectivity index (χ4v) is 5.54. The first-order valence-electron chi connectivity index (χ1n) is 11.8. The van der Waals surface area contributed by atoms with Gasteiger partial charge in [-0.3, -0.25) is 4.84 Å². The average Bonchev–Trinajstić information content (AvgIpc) is 2.95. The van der Waals surface area contributed by atoms with Gasteiger partial charge in [-0.2, -0.15) is 0 Å². The van der Waals surface area contributed by atoms with E-state index in [0.717, 1.165) is 32.1 Å². The first kappa shape index (κ1) is 25.5. The van der Waals surface area contributed by atoms with E-state index in [1.54, 1.807) is 48.3 Å². The Balaban J connectivity index is 1.49. The maximum atomic E-state index is 14.5. The third-order valence-corrected chi connectivity index (χ3v) is 7.91. The van der Waals surface area contributed by atoms with Crippen LogP contribution in [0.1, 0.15) is 5.56 Å². The molecule has 0 spiro atoms. The van der Waals surface area contributed by atoms with Crippen LogP contribution in [-0.4, -0.2) is 37.0 Å². The Bertz CT molecular complexity index is 1700. The zero-order valence-corrected chi connectivity index (χ0v) is 21.6. The van der Waals surface area contributed by atoms with Gasteiger partial charge in [0.25, 0.3) is 10.0 Å². The molecule has 1 heterocycles. The Labute approximate surface area is 220 Å². The van der Waals surface area contributed by atoms with Crippen molar-refractivity contribution in [3.63, 3.8) is 0 Å². The Hall–Kier alpha value is -4.18. The van der Waals surface area contributed by atoms with Crippen molar-refractivity contribution >= 4 is 32.4 Å². The second-order valence-corrected chi connectivity index (χ2v) is 10.4. The van der Waals surface area contributed by atoms with Gasteiger partial charge in [-0.05, 0) is 59.2 Å². The van der Waals surface area contributed by atoms with E-state index in [0.29, 0.717) is 11.5 Å². The molecular weight excluding hydrogens is 503 g/mol. The summed E-state index contributed by atoms with van der Waals surface area (Å²) in [7, 11) is -0.744. The molecule has 0 bridgehead atoms. The zero-order chi connectivity index (χ0) is 26.7. The molecular formula is C29H25FN4O3S. The molecule has 5 aromatic rings. The third kappa shape index (κ3) is 4.99. The Morgan fingerprint density at radius 2 is 1.58 bits per heavy atom. The number of sulfonamides is 1. The van der Waals surface area contributed by atoms with Crippen LogP contribution >= 0.6 is 0 Å². The van der Waals surface area contributed by atoms with Crippen LogP contribution in [0.25, 0.3) is 22.0 Å². The van der Waals surface area contributed by atoms with E-state index in [1.807, 2.05) is 42.5 Å². The second kappa shape index (κ2) is 10.7. The van der Waals surface area contributed by atoms with Crippen molar-refractivity contribution in [3.8, 4) is 11.1 Å². The summed E-state index contributed by atoms with van der Waals surface area (Å²) in [6.07, 6.45) is 1.46. The molecule has 0 saturated carbocycles. The molecule has 9 heteroatoms. The number of fused-ring (bicyclic) bond motifs is 1. The summed E-state index contributed by atoms with van der Waals surface area (Å²) < 4.78 is 41.6. The second-order valence-electron chi connectivity index (χ2n) is 8.60. The number of hydrogen-bond acceptors (Lipinski definition) is 6. The number of hydrogen-bond donors (Lipinski definition) is 0. The van der Waals surface area contributed by atoms with Gasteiger partial charge in [0.1, 0.15) is 18.0 Å². The summed E-state index contributed by atoms with van der Waals surface area (Å²) in [6.45, 7) is 0.0273. The lowest BCUT2D eigenvalue weighted by atomic mass is 10.0. The molecule has 0 aliphatic heterocycles. The van der Waals surface area contributed by atoms with E-state index < -0.39 is 10.0 Å². The lowest BCUT2D eigenvalue weighted by Crippen LogP contribution is -2.29.